The molecule has 6 amide bonds. The molecule has 1 heterocycles. The van der Waals surface area contributed by atoms with E-state index in [1.807, 2.05) is 60.7 Å². The Morgan fingerprint density at radius 2 is 1.46 bits per heavy atom. The van der Waals surface area contributed by atoms with E-state index in [1.165, 1.54) is 9.80 Å². The van der Waals surface area contributed by atoms with Crippen LogP contribution in [-0.4, -0.2) is 72.6 Å². The number of carbonyl (C=O) groups excluding carboxylic acids is 6. The first-order valence-corrected chi connectivity index (χ1v) is 17.0. The van der Waals surface area contributed by atoms with Crippen LogP contribution < -0.4 is 31.6 Å². The molecule has 14 heteroatoms. The number of carbonyl (C=O) groups is 6. The topological polar surface area (TPSA) is 193 Å². The fourth-order valence-corrected chi connectivity index (χ4v) is 5.59. The summed E-state index contributed by atoms with van der Waals surface area (Å²) in [5.41, 5.74) is 9.02. The van der Waals surface area contributed by atoms with Gasteiger partial charge in [-0.1, -0.05) is 72.8 Å². The van der Waals surface area contributed by atoms with Gasteiger partial charge in [0.1, 0.15) is 24.5 Å². The van der Waals surface area contributed by atoms with Crippen molar-refractivity contribution < 1.29 is 33.5 Å². The largest absolute Gasteiger partial charge is 0.474 e. The number of primary amides is 1. The summed E-state index contributed by atoms with van der Waals surface area (Å²) in [5.74, 6) is -2.06. The predicted molar refractivity (Wildman–Crippen MR) is 196 cm³/mol. The Balaban J connectivity index is 1.59. The van der Waals surface area contributed by atoms with E-state index in [1.54, 1.807) is 45.0 Å². The van der Waals surface area contributed by atoms with Gasteiger partial charge in [0.2, 0.25) is 23.6 Å². The van der Waals surface area contributed by atoms with Gasteiger partial charge in [-0.2, -0.15) is 0 Å². The van der Waals surface area contributed by atoms with Gasteiger partial charge >= 0.3 is 6.03 Å². The van der Waals surface area contributed by atoms with Crippen LogP contribution in [0.3, 0.4) is 0 Å². The zero-order valence-electron chi connectivity index (χ0n) is 29.5. The highest BCUT2D eigenvalue weighted by Gasteiger charge is 2.37. The Morgan fingerprint density at radius 1 is 0.885 bits per heavy atom. The van der Waals surface area contributed by atoms with Crippen molar-refractivity contribution in [3.63, 3.8) is 0 Å². The molecule has 0 aromatic heterocycles. The number of hydrazone groups is 1. The summed E-state index contributed by atoms with van der Waals surface area (Å²) in [5, 5.41) is 9.21. The van der Waals surface area contributed by atoms with Crippen molar-refractivity contribution in [1.29, 1.82) is 0 Å². The molecule has 0 saturated carbocycles. The number of aldehydes is 1. The molecule has 4 rings (SSSR count). The van der Waals surface area contributed by atoms with Crippen LogP contribution >= 0.6 is 0 Å². The molecule has 1 aliphatic heterocycles. The molecule has 0 radical (unpaired) electrons. The van der Waals surface area contributed by atoms with E-state index < -0.39 is 48.0 Å². The standard InChI is InChI=1S/C38H45N7O7/c1-38(2,3)52-34(42-43-37(39)51)22-28(25-46)40-33(48)24-45-31-17-11-10-16-30(31)44(35(49)21-19-27-14-8-5-9-15-27)23-29(36(45)50)41-32(47)20-18-26-12-6-4-7-13-26/h4-17,25,28-29H,18-24H2,1-3H3,(H,40,48)(H,41,47)(H3,39,43,51). The first-order chi connectivity index (χ1) is 24.8. The molecular formula is C38H45N7O7. The Kier molecular flexibility index (Phi) is 13.6. The lowest BCUT2D eigenvalue weighted by Gasteiger charge is -2.26. The van der Waals surface area contributed by atoms with Crippen molar-refractivity contribution in [2.24, 2.45) is 10.8 Å². The third-order valence-corrected chi connectivity index (χ3v) is 7.90. The van der Waals surface area contributed by atoms with E-state index in [-0.39, 0.29) is 43.3 Å². The number of fused-ring (bicyclic) bond motifs is 1. The van der Waals surface area contributed by atoms with E-state index in [0.717, 1.165) is 11.1 Å². The van der Waals surface area contributed by atoms with Crippen molar-refractivity contribution in [3.05, 3.63) is 96.1 Å². The van der Waals surface area contributed by atoms with E-state index in [4.69, 9.17) is 10.5 Å². The van der Waals surface area contributed by atoms with Gasteiger partial charge in [0.05, 0.1) is 30.4 Å². The minimum Gasteiger partial charge on any atom is -0.474 e. The van der Waals surface area contributed by atoms with Crippen LogP contribution in [0.2, 0.25) is 0 Å². The van der Waals surface area contributed by atoms with Gasteiger partial charge in [-0.3, -0.25) is 24.1 Å². The molecule has 0 saturated heterocycles. The van der Waals surface area contributed by atoms with Gasteiger partial charge in [0.25, 0.3) is 5.91 Å². The first-order valence-electron chi connectivity index (χ1n) is 17.0. The Bertz CT molecular complexity index is 1760. The number of hydrogen-bond acceptors (Lipinski definition) is 8. The molecule has 2 atom stereocenters. The number of anilines is 2. The number of ether oxygens (including phenoxy) is 1. The number of nitrogens with one attached hydrogen (secondary N) is 3. The molecule has 3 aromatic carbocycles. The SMILES string of the molecule is CC(C)(C)OC(CC(C=O)NC(=O)CN1C(=O)C(NC(=O)CCc2ccccc2)CN(C(=O)CCc2ccccc2)c2ccccc21)=NNC(N)=O. The second kappa shape index (κ2) is 18.3. The van der Waals surface area contributed by atoms with Crippen molar-refractivity contribution in [1.82, 2.24) is 16.1 Å². The smallest absolute Gasteiger partial charge is 0.332 e. The third-order valence-electron chi connectivity index (χ3n) is 7.90. The third kappa shape index (κ3) is 11.8. The number of hydrogen-bond donors (Lipinski definition) is 4. The van der Waals surface area contributed by atoms with Crippen LogP contribution in [0.25, 0.3) is 0 Å². The maximum atomic E-state index is 14.3. The maximum absolute atomic E-state index is 14.3. The Morgan fingerprint density at radius 3 is 2.04 bits per heavy atom. The molecule has 5 N–H and O–H groups in total. The minimum absolute atomic E-state index is 0.0668. The van der Waals surface area contributed by atoms with Gasteiger partial charge in [-0.25, -0.2) is 10.2 Å². The van der Waals surface area contributed by atoms with Gasteiger partial charge in [-0.15, -0.1) is 5.10 Å². The second-order valence-electron chi connectivity index (χ2n) is 13.2. The summed E-state index contributed by atoms with van der Waals surface area (Å²) in [7, 11) is 0. The molecule has 0 aliphatic carbocycles. The summed E-state index contributed by atoms with van der Waals surface area (Å²) in [6.07, 6.45) is 1.36. The predicted octanol–water partition coefficient (Wildman–Crippen LogP) is 2.99. The van der Waals surface area contributed by atoms with Crippen molar-refractivity contribution in [3.8, 4) is 0 Å². The fourth-order valence-electron chi connectivity index (χ4n) is 5.59. The molecule has 1 aliphatic rings. The molecule has 274 valence electrons. The highest BCUT2D eigenvalue weighted by Crippen LogP contribution is 2.33. The van der Waals surface area contributed by atoms with Crippen LogP contribution in [0, 0.1) is 0 Å². The summed E-state index contributed by atoms with van der Waals surface area (Å²) in [6, 6.07) is 22.3. The van der Waals surface area contributed by atoms with Crippen LogP contribution in [0.1, 0.15) is 51.2 Å². The molecule has 0 spiro atoms. The van der Waals surface area contributed by atoms with Crippen LogP contribution in [0.15, 0.2) is 90.0 Å². The number of amides is 6. The van der Waals surface area contributed by atoms with Crippen molar-refractivity contribution in [2.75, 3.05) is 22.9 Å². The molecule has 3 aromatic rings. The summed E-state index contributed by atoms with van der Waals surface area (Å²) in [6.45, 7) is 4.49. The number of para-hydroxylation sites is 2. The lowest BCUT2D eigenvalue weighted by molar-refractivity contribution is -0.128. The molecule has 14 nitrogen and oxygen atoms in total. The normalized spacial score (nSPS) is 15.1. The van der Waals surface area contributed by atoms with E-state index in [9.17, 15) is 28.8 Å². The average Bonchev–Trinajstić information content (AvgIpc) is 3.22. The highest BCUT2D eigenvalue weighted by atomic mass is 16.5. The van der Waals surface area contributed by atoms with E-state index in [2.05, 4.69) is 21.2 Å². The van der Waals surface area contributed by atoms with Gasteiger partial charge in [-0.05, 0) is 56.9 Å². The highest BCUT2D eigenvalue weighted by molar-refractivity contribution is 6.10. The molecule has 0 bridgehead atoms. The van der Waals surface area contributed by atoms with Crippen LogP contribution in [0.5, 0.6) is 0 Å². The number of urea groups is 1. The molecule has 2 unspecified atom stereocenters. The molecule has 0 fully saturated rings. The lowest BCUT2D eigenvalue weighted by atomic mass is 10.1. The van der Waals surface area contributed by atoms with Gasteiger partial charge in [0.15, 0.2) is 0 Å². The molecular weight excluding hydrogens is 666 g/mol. The van der Waals surface area contributed by atoms with E-state index >= 15 is 0 Å². The number of benzene rings is 3. The Labute approximate surface area is 302 Å². The zero-order chi connectivity index (χ0) is 37.7. The van der Waals surface area contributed by atoms with E-state index in [0.29, 0.717) is 24.8 Å². The van der Waals surface area contributed by atoms with Gasteiger partial charge < -0.3 is 30.8 Å². The van der Waals surface area contributed by atoms with Crippen LogP contribution in [-0.2, 0) is 41.6 Å². The molecule has 52 heavy (non-hydrogen) atoms. The number of aryl methyl sites for hydroxylation is 2. The average molecular weight is 712 g/mol. The van der Waals surface area contributed by atoms with Crippen molar-refractivity contribution in [2.45, 2.75) is 70.6 Å². The number of rotatable bonds is 14. The van der Waals surface area contributed by atoms with Crippen molar-refractivity contribution >= 4 is 53.2 Å². The lowest BCUT2D eigenvalue weighted by Crippen LogP contribution is -2.54. The monoisotopic (exact) mass is 711 g/mol. The summed E-state index contributed by atoms with van der Waals surface area (Å²) >= 11 is 0. The minimum atomic E-state index is -1.19. The number of nitrogens with zero attached hydrogens (tertiary/aromatic N) is 3. The number of nitrogens with two attached hydrogens (primary N) is 1. The zero-order valence-corrected chi connectivity index (χ0v) is 29.5. The summed E-state index contributed by atoms with van der Waals surface area (Å²) in [4.78, 5) is 81.0. The van der Waals surface area contributed by atoms with Gasteiger partial charge in [0, 0.05) is 12.8 Å². The Hall–Kier alpha value is -6.05. The second-order valence-corrected chi connectivity index (χ2v) is 13.2. The fraction of sp³-hybridized carbons (Fsp3) is 0.342. The quantitative estimate of drug-likeness (QED) is 0.0855. The van der Waals surface area contributed by atoms with Crippen LogP contribution in [0.4, 0.5) is 16.2 Å². The summed E-state index contributed by atoms with van der Waals surface area (Å²) < 4.78 is 5.74. The first kappa shape index (κ1) is 38.7. The maximum Gasteiger partial charge on any atom is 0.332 e.